The van der Waals surface area contributed by atoms with Crippen LogP contribution in [0, 0.1) is 11.7 Å². The van der Waals surface area contributed by atoms with E-state index in [0.29, 0.717) is 24.2 Å². The number of aliphatic carboxylic acids is 1. The zero-order valence-corrected chi connectivity index (χ0v) is 17.9. The van der Waals surface area contributed by atoms with Gasteiger partial charge in [-0.15, -0.1) is 0 Å². The first-order valence-electron chi connectivity index (χ1n) is 11.2. The number of halogens is 1. The number of benzene rings is 3. The van der Waals surface area contributed by atoms with Gasteiger partial charge in [0, 0.05) is 17.1 Å². The second-order valence-electron chi connectivity index (χ2n) is 8.86. The number of carboxylic acids is 1. The van der Waals surface area contributed by atoms with E-state index in [1.807, 2.05) is 60.7 Å². The molecule has 33 heavy (non-hydrogen) atoms. The molecule has 4 aromatic rings. The van der Waals surface area contributed by atoms with Crippen LogP contribution in [0.3, 0.4) is 0 Å². The molecule has 0 amide bonds. The van der Waals surface area contributed by atoms with E-state index in [-0.39, 0.29) is 23.8 Å². The highest BCUT2D eigenvalue weighted by atomic mass is 19.1. The van der Waals surface area contributed by atoms with Gasteiger partial charge in [0.15, 0.2) is 0 Å². The Hall–Kier alpha value is -3.73. The Labute approximate surface area is 190 Å². The van der Waals surface area contributed by atoms with Gasteiger partial charge >= 0.3 is 5.97 Å². The average Bonchev–Trinajstić information content (AvgIpc) is 3.54. The van der Waals surface area contributed by atoms with Crippen LogP contribution in [-0.2, 0) is 11.2 Å². The summed E-state index contributed by atoms with van der Waals surface area (Å²) in [5.41, 5.74) is 5.64. The van der Waals surface area contributed by atoms with Crippen LogP contribution >= 0.6 is 0 Å². The van der Waals surface area contributed by atoms with Crippen molar-refractivity contribution in [2.45, 2.75) is 31.3 Å². The molecule has 0 spiro atoms. The number of fused-ring (bicyclic) bond motifs is 2. The van der Waals surface area contributed by atoms with Crippen molar-refractivity contribution in [1.29, 1.82) is 0 Å². The number of carbonyl (C=O) groups is 1. The number of carboxylic acid groups (broad SMARTS) is 1. The van der Waals surface area contributed by atoms with E-state index in [0.717, 1.165) is 39.6 Å². The van der Waals surface area contributed by atoms with Crippen LogP contribution in [0.4, 0.5) is 4.39 Å². The quantitative estimate of drug-likeness (QED) is 0.397. The fourth-order valence-electron chi connectivity index (χ4n) is 5.17. The van der Waals surface area contributed by atoms with Gasteiger partial charge in [0.2, 0.25) is 0 Å². The molecule has 5 heteroatoms. The summed E-state index contributed by atoms with van der Waals surface area (Å²) in [7, 11) is 0. The van der Waals surface area contributed by atoms with Crippen molar-refractivity contribution in [3.05, 3.63) is 95.4 Å². The Morgan fingerprint density at radius 1 is 1.00 bits per heavy atom. The number of ether oxygens (including phenoxy) is 1. The number of nitrogens with zero attached hydrogens (tertiary/aromatic N) is 1. The molecule has 3 atom stereocenters. The third kappa shape index (κ3) is 3.44. The van der Waals surface area contributed by atoms with Crippen molar-refractivity contribution in [1.82, 2.24) is 4.98 Å². The molecule has 6 rings (SSSR count). The molecular weight excluding hydrogens is 417 g/mol. The van der Waals surface area contributed by atoms with Crippen molar-refractivity contribution in [3.63, 3.8) is 0 Å². The molecule has 1 unspecified atom stereocenters. The summed E-state index contributed by atoms with van der Waals surface area (Å²) in [6.07, 6.45) is 3.57. The Balaban J connectivity index is 1.30. The van der Waals surface area contributed by atoms with Crippen molar-refractivity contribution in [2.75, 3.05) is 0 Å². The molecule has 1 heterocycles. The van der Waals surface area contributed by atoms with E-state index in [9.17, 15) is 4.79 Å². The van der Waals surface area contributed by atoms with Gasteiger partial charge < -0.3 is 9.84 Å². The van der Waals surface area contributed by atoms with Crippen molar-refractivity contribution >= 4 is 16.9 Å². The molecule has 1 saturated carbocycles. The van der Waals surface area contributed by atoms with Crippen molar-refractivity contribution in [3.8, 4) is 16.9 Å². The SMILES string of the molecule is O=C(O)[C@H]1C[C@@H]1c1ccc(OC2CCc3c(-c4ccnc5ccccc45)ccc(F)c32)cc1. The van der Waals surface area contributed by atoms with Crippen LogP contribution in [0.5, 0.6) is 5.75 Å². The van der Waals surface area contributed by atoms with Gasteiger partial charge in [-0.25, -0.2) is 4.39 Å². The van der Waals surface area contributed by atoms with E-state index in [2.05, 4.69) is 4.98 Å². The first-order valence-corrected chi connectivity index (χ1v) is 11.2. The van der Waals surface area contributed by atoms with E-state index in [1.165, 1.54) is 6.07 Å². The van der Waals surface area contributed by atoms with Crippen LogP contribution in [0.15, 0.2) is 72.9 Å². The standard InChI is InChI=1S/C28H22FNO3/c29-24-11-9-18(19-13-14-30-25-4-2-1-3-20(19)25)21-10-12-26(27(21)24)33-17-7-5-16(6-8-17)22-15-23(22)28(31)32/h1-9,11,13-14,22-23,26H,10,12,15H2,(H,31,32)/t22-,23+,26?/m1/s1. The van der Waals surface area contributed by atoms with Crippen LogP contribution in [-0.4, -0.2) is 16.1 Å². The van der Waals surface area contributed by atoms with Gasteiger partial charge in [0.05, 0.1) is 11.4 Å². The molecule has 1 N–H and O–H groups in total. The third-order valence-electron chi connectivity index (χ3n) is 6.92. The summed E-state index contributed by atoms with van der Waals surface area (Å²) >= 11 is 0. The van der Waals surface area contributed by atoms with Gasteiger partial charge in [-0.2, -0.15) is 0 Å². The summed E-state index contributed by atoms with van der Waals surface area (Å²) in [4.78, 5) is 15.6. The summed E-state index contributed by atoms with van der Waals surface area (Å²) < 4.78 is 21.2. The van der Waals surface area contributed by atoms with E-state index in [1.54, 1.807) is 6.20 Å². The van der Waals surface area contributed by atoms with E-state index in [4.69, 9.17) is 9.84 Å². The summed E-state index contributed by atoms with van der Waals surface area (Å²) in [6.45, 7) is 0. The van der Waals surface area contributed by atoms with Gasteiger partial charge in [-0.1, -0.05) is 36.4 Å². The van der Waals surface area contributed by atoms with E-state index >= 15 is 4.39 Å². The van der Waals surface area contributed by atoms with Gasteiger partial charge in [0.1, 0.15) is 17.7 Å². The topological polar surface area (TPSA) is 59.4 Å². The van der Waals surface area contributed by atoms with Crippen LogP contribution < -0.4 is 4.74 Å². The largest absolute Gasteiger partial charge is 0.486 e. The smallest absolute Gasteiger partial charge is 0.307 e. The summed E-state index contributed by atoms with van der Waals surface area (Å²) in [6, 6.07) is 21.0. The number of hydrogen-bond donors (Lipinski definition) is 1. The van der Waals surface area contributed by atoms with Gasteiger partial charge in [-0.3, -0.25) is 9.78 Å². The minimum Gasteiger partial charge on any atom is -0.486 e. The Kier molecular flexibility index (Phi) is 4.64. The fourth-order valence-corrected chi connectivity index (χ4v) is 5.17. The fraction of sp³-hybridized carbons (Fsp3) is 0.214. The molecule has 0 bridgehead atoms. The second kappa shape index (κ2) is 7.69. The predicted octanol–water partition coefficient (Wildman–Crippen LogP) is 6.30. The Morgan fingerprint density at radius 2 is 1.82 bits per heavy atom. The molecule has 164 valence electrons. The lowest BCUT2D eigenvalue weighted by Crippen LogP contribution is -2.06. The third-order valence-corrected chi connectivity index (χ3v) is 6.92. The predicted molar refractivity (Wildman–Crippen MR) is 124 cm³/mol. The highest BCUT2D eigenvalue weighted by Gasteiger charge is 2.44. The summed E-state index contributed by atoms with van der Waals surface area (Å²) in [5, 5.41) is 10.2. The molecule has 0 aliphatic heterocycles. The van der Waals surface area contributed by atoms with Crippen LogP contribution in [0.1, 0.15) is 41.6 Å². The van der Waals surface area contributed by atoms with Crippen molar-refractivity contribution in [2.24, 2.45) is 5.92 Å². The zero-order chi connectivity index (χ0) is 22.5. The maximum Gasteiger partial charge on any atom is 0.307 e. The first-order chi connectivity index (χ1) is 16.1. The maximum atomic E-state index is 15.0. The van der Waals surface area contributed by atoms with Gasteiger partial charge in [0.25, 0.3) is 0 Å². The van der Waals surface area contributed by atoms with Crippen LogP contribution in [0.2, 0.25) is 0 Å². The van der Waals surface area contributed by atoms with E-state index < -0.39 is 5.97 Å². The normalized spacial score (nSPS) is 21.1. The van der Waals surface area contributed by atoms with Gasteiger partial charge in [-0.05, 0) is 77.8 Å². The molecule has 4 nitrogen and oxygen atoms in total. The maximum absolute atomic E-state index is 15.0. The number of hydrogen-bond acceptors (Lipinski definition) is 3. The minimum absolute atomic E-state index is 0.0824. The van der Waals surface area contributed by atoms with Crippen molar-refractivity contribution < 1.29 is 19.0 Å². The molecule has 0 radical (unpaired) electrons. The molecule has 1 fully saturated rings. The second-order valence-corrected chi connectivity index (χ2v) is 8.86. The average molecular weight is 439 g/mol. The first kappa shape index (κ1) is 19.9. The monoisotopic (exact) mass is 439 g/mol. The molecular formula is C28H22FNO3. The highest BCUT2D eigenvalue weighted by molar-refractivity contribution is 5.95. The number of aromatic nitrogens is 1. The minimum atomic E-state index is -0.740. The molecule has 2 aliphatic carbocycles. The lowest BCUT2D eigenvalue weighted by molar-refractivity contribution is -0.138. The lowest BCUT2D eigenvalue weighted by Gasteiger charge is -2.17. The molecule has 2 aliphatic rings. The molecule has 3 aromatic carbocycles. The summed E-state index contributed by atoms with van der Waals surface area (Å²) in [5.74, 6) is -0.512. The number of pyridine rings is 1. The Bertz CT molecular complexity index is 1380. The number of para-hydroxylation sites is 1. The molecule has 1 aromatic heterocycles. The highest BCUT2D eigenvalue weighted by Crippen LogP contribution is 2.48. The number of rotatable bonds is 5. The van der Waals surface area contributed by atoms with Crippen LogP contribution in [0.25, 0.3) is 22.0 Å². The molecule has 0 saturated heterocycles. The Morgan fingerprint density at radius 3 is 2.61 bits per heavy atom. The lowest BCUT2D eigenvalue weighted by atomic mass is 9.94. The zero-order valence-electron chi connectivity index (χ0n) is 17.9.